The Morgan fingerprint density at radius 2 is 1.94 bits per heavy atom. The topological polar surface area (TPSA) is 64.6 Å². The van der Waals surface area contributed by atoms with Crippen molar-refractivity contribution in [3.63, 3.8) is 0 Å². The molecule has 3 aliphatic rings. The van der Waals surface area contributed by atoms with Gasteiger partial charge in [0.25, 0.3) is 0 Å². The first-order chi connectivity index (χ1) is 14.9. The molecule has 2 bridgehead atoms. The Hall–Kier alpha value is -3.04. The first-order valence-electron chi connectivity index (χ1n) is 10.5. The number of anilines is 4. The van der Waals surface area contributed by atoms with E-state index in [1.54, 1.807) is 41.4 Å². The molecule has 2 fully saturated rings. The Kier molecular flexibility index (Phi) is 4.86. The number of hydrogen-bond donors (Lipinski definition) is 1. The number of alkyl halides is 3. The molecular weight excluding hydrogens is 409 g/mol. The third-order valence-corrected chi connectivity index (χ3v) is 6.21. The van der Waals surface area contributed by atoms with Gasteiger partial charge in [-0.1, -0.05) is 6.07 Å². The second-order valence-corrected chi connectivity index (χ2v) is 8.16. The van der Waals surface area contributed by atoms with E-state index in [1.807, 2.05) is 0 Å². The van der Waals surface area contributed by atoms with E-state index in [1.165, 1.54) is 4.90 Å². The zero-order valence-electron chi connectivity index (χ0n) is 16.8. The van der Waals surface area contributed by atoms with Crippen LogP contribution in [0.4, 0.5) is 41.1 Å². The third-order valence-electron chi connectivity index (χ3n) is 6.21. The molecule has 1 N–H and O–H groups in total. The smallest absolute Gasteiger partial charge is 0.366 e. The summed E-state index contributed by atoms with van der Waals surface area (Å²) in [6.45, 7) is 1.82. The van der Waals surface area contributed by atoms with Crippen LogP contribution in [0.5, 0.6) is 0 Å². The summed E-state index contributed by atoms with van der Waals surface area (Å²) in [7, 11) is 0. The summed E-state index contributed by atoms with van der Waals surface area (Å²) in [6, 6.07) is 6.66. The Morgan fingerprint density at radius 1 is 1.10 bits per heavy atom. The number of nitrogens with one attached hydrogen (secondary N) is 1. The number of pyridine rings is 2. The number of fused-ring (bicyclic) bond motifs is 4. The van der Waals surface area contributed by atoms with Gasteiger partial charge < -0.3 is 9.80 Å². The summed E-state index contributed by atoms with van der Waals surface area (Å²) < 4.78 is 40.5. The van der Waals surface area contributed by atoms with Gasteiger partial charge in [-0.15, -0.1) is 0 Å². The van der Waals surface area contributed by atoms with Gasteiger partial charge >= 0.3 is 12.2 Å². The van der Waals surface area contributed by atoms with E-state index in [2.05, 4.69) is 20.2 Å². The number of rotatable bonds is 2. The molecule has 7 nitrogen and oxygen atoms in total. The van der Waals surface area contributed by atoms with Crippen molar-refractivity contribution < 1.29 is 18.0 Å². The van der Waals surface area contributed by atoms with Crippen LogP contribution in [0.15, 0.2) is 36.5 Å². The molecule has 2 aromatic heterocycles. The summed E-state index contributed by atoms with van der Waals surface area (Å²) in [5, 5.41) is 2.80. The van der Waals surface area contributed by atoms with Crippen molar-refractivity contribution in [3.8, 4) is 0 Å². The predicted octanol–water partition coefficient (Wildman–Crippen LogP) is 4.03. The maximum absolute atomic E-state index is 13.5. The van der Waals surface area contributed by atoms with Crippen molar-refractivity contribution in [2.75, 3.05) is 39.7 Å². The van der Waals surface area contributed by atoms with Crippen molar-refractivity contribution in [2.24, 2.45) is 0 Å². The molecule has 0 aromatic carbocycles. The van der Waals surface area contributed by atoms with Crippen molar-refractivity contribution in [2.45, 2.75) is 43.9 Å². The summed E-state index contributed by atoms with van der Waals surface area (Å²) in [5.74, 6) is 1.09. The normalized spacial score (nSPS) is 23.0. The lowest BCUT2D eigenvalue weighted by Crippen LogP contribution is -2.56. The minimum Gasteiger partial charge on any atom is -0.366 e. The Balaban J connectivity index is 1.51. The fourth-order valence-electron chi connectivity index (χ4n) is 4.82. The number of urea groups is 1. The molecule has 2 atom stereocenters. The van der Waals surface area contributed by atoms with Gasteiger partial charge in [-0.3, -0.25) is 10.2 Å². The maximum Gasteiger partial charge on any atom is 0.408 e. The van der Waals surface area contributed by atoms with Crippen LogP contribution in [0, 0.1) is 0 Å². The van der Waals surface area contributed by atoms with Crippen LogP contribution in [0.2, 0.25) is 0 Å². The molecule has 0 aliphatic carbocycles. The monoisotopic (exact) mass is 432 g/mol. The number of hydrogen-bond acceptors (Lipinski definition) is 5. The molecule has 10 heteroatoms. The van der Waals surface area contributed by atoms with E-state index in [0.717, 1.165) is 25.1 Å². The standard InChI is InChI=1S/C21H23F3N6O/c22-21(23,24)16-6-4-12-29(16)18-9-8-15-19(27-18)30(14-5-3-11-28(15)13-14)20(31)26-17-7-1-2-10-25-17/h1-2,7-10,14,16H,3-6,11-13H2,(H,25,26,31)/t14-,16?/m0/s1. The summed E-state index contributed by atoms with van der Waals surface area (Å²) in [4.78, 5) is 27.0. The highest BCUT2D eigenvalue weighted by atomic mass is 19.4. The van der Waals surface area contributed by atoms with Crippen molar-refractivity contribution in [3.05, 3.63) is 36.5 Å². The summed E-state index contributed by atoms with van der Waals surface area (Å²) in [5.41, 5.74) is 0.777. The number of nitrogens with zero attached hydrogens (tertiary/aromatic N) is 5. The third kappa shape index (κ3) is 3.64. The van der Waals surface area contributed by atoms with Gasteiger partial charge in [-0.05, 0) is 49.9 Å². The highest BCUT2D eigenvalue weighted by Gasteiger charge is 2.47. The average molecular weight is 432 g/mol. The first kappa shape index (κ1) is 19.9. The lowest BCUT2D eigenvalue weighted by molar-refractivity contribution is -0.146. The van der Waals surface area contributed by atoms with Crippen LogP contribution in [0.25, 0.3) is 0 Å². The largest absolute Gasteiger partial charge is 0.408 e. The van der Waals surface area contributed by atoms with Gasteiger partial charge in [-0.25, -0.2) is 14.8 Å². The number of aromatic nitrogens is 2. The van der Waals surface area contributed by atoms with Crippen molar-refractivity contribution in [1.82, 2.24) is 9.97 Å². The molecule has 2 aromatic rings. The molecule has 5 heterocycles. The molecule has 2 amide bonds. The van der Waals surface area contributed by atoms with E-state index in [0.29, 0.717) is 31.1 Å². The zero-order chi connectivity index (χ0) is 21.6. The van der Waals surface area contributed by atoms with E-state index < -0.39 is 12.2 Å². The van der Waals surface area contributed by atoms with Crippen LogP contribution in [-0.4, -0.2) is 53.9 Å². The lowest BCUT2D eigenvalue weighted by atomic mass is 10.00. The minimum atomic E-state index is -4.32. The molecule has 0 saturated carbocycles. The molecule has 3 aliphatic heterocycles. The van der Waals surface area contributed by atoms with Crippen LogP contribution in [0.1, 0.15) is 25.7 Å². The minimum absolute atomic E-state index is 0.0564. The van der Waals surface area contributed by atoms with Gasteiger partial charge in [0.2, 0.25) is 0 Å². The fourth-order valence-corrected chi connectivity index (χ4v) is 4.82. The quantitative estimate of drug-likeness (QED) is 0.776. The molecule has 31 heavy (non-hydrogen) atoms. The lowest BCUT2D eigenvalue weighted by Gasteiger charge is -2.46. The van der Waals surface area contributed by atoms with Crippen LogP contribution < -0.4 is 20.0 Å². The Morgan fingerprint density at radius 3 is 2.71 bits per heavy atom. The van der Waals surface area contributed by atoms with Crippen molar-refractivity contribution in [1.29, 1.82) is 0 Å². The van der Waals surface area contributed by atoms with Gasteiger partial charge in [0.1, 0.15) is 17.7 Å². The fraction of sp³-hybridized carbons (Fsp3) is 0.476. The van der Waals surface area contributed by atoms with E-state index in [9.17, 15) is 18.0 Å². The first-order valence-corrected chi connectivity index (χ1v) is 10.5. The Bertz CT molecular complexity index is 969. The molecule has 2 saturated heterocycles. The number of piperidine rings is 1. The average Bonchev–Trinajstić information content (AvgIpc) is 3.25. The van der Waals surface area contributed by atoms with Crippen molar-refractivity contribution >= 4 is 29.2 Å². The van der Waals surface area contributed by atoms with E-state index in [-0.39, 0.29) is 24.3 Å². The van der Waals surface area contributed by atoms with Gasteiger partial charge in [0.05, 0.1) is 11.7 Å². The SMILES string of the molecule is O=C(Nc1ccccn1)N1c2nc(N3CCCC3C(F)(F)F)ccc2N2CCC[C@H]1C2. The van der Waals surface area contributed by atoms with E-state index in [4.69, 9.17) is 0 Å². The number of carbonyl (C=O) groups excluding carboxylic acids is 1. The van der Waals surface area contributed by atoms with Crippen LogP contribution >= 0.6 is 0 Å². The second-order valence-electron chi connectivity index (χ2n) is 8.16. The molecule has 0 radical (unpaired) electrons. The number of halogens is 3. The molecule has 164 valence electrons. The molecule has 0 spiro atoms. The number of amides is 2. The number of carbonyl (C=O) groups is 1. The van der Waals surface area contributed by atoms with Crippen LogP contribution in [-0.2, 0) is 0 Å². The Labute approximate surface area is 177 Å². The van der Waals surface area contributed by atoms with E-state index >= 15 is 0 Å². The van der Waals surface area contributed by atoms with Gasteiger partial charge in [-0.2, -0.15) is 13.2 Å². The highest BCUT2D eigenvalue weighted by Crippen LogP contribution is 2.41. The van der Waals surface area contributed by atoms with Gasteiger partial charge in [0.15, 0.2) is 5.82 Å². The zero-order valence-corrected chi connectivity index (χ0v) is 16.8. The second kappa shape index (κ2) is 7.58. The summed E-state index contributed by atoms with van der Waals surface area (Å²) >= 11 is 0. The molecule has 5 rings (SSSR count). The van der Waals surface area contributed by atoms with Gasteiger partial charge in [0, 0.05) is 25.8 Å². The van der Waals surface area contributed by atoms with Crippen LogP contribution in [0.3, 0.4) is 0 Å². The molecular formula is C21H23F3N6O. The molecule has 1 unspecified atom stereocenters. The summed E-state index contributed by atoms with van der Waals surface area (Å²) in [6.07, 6.45) is -0.469. The highest BCUT2D eigenvalue weighted by molar-refractivity contribution is 6.04. The maximum atomic E-state index is 13.5. The predicted molar refractivity (Wildman–Crippen MR) is 112 cm³/mol.